The Hall–Kier alpha value is -3.99. The molecular formula is C28H28N4O. The zero-order chi connectivity index (χ0) is 22.9. The molecule has 0 radical (unpaired) electrons. The summed E-state index contributed by atoms with van der Waals surface area (Å²) in [6.45, 7) is 2.90. The molecule has 33 heavy (non-hydrogen) atoms. The van der Waals surface area contributed by atoms with E-state index < -0.39 is 0 Å². The van der Waals surface area contributed by atoms with Crippen LogP contribution in [-0.4, -0.2) is 29.8 Å². The van der Waals surface area contributed by atoms with Gasteiger partial charge in [-0.1, -0.05) is 74.0 Å². The van der Waals surface area contributed by atoms with E-state index in [4.69, 9.17) is 14.7 Å². The largest absolute Gasteiger partial charge is 0.494 e. The first-order valence-corrected chi connectivity index (χ1v) is 11.2. The molecule has 0 aliphatic carbocycles. The molecule has 0 atom stereocenters. The third-order valence-electron chi connectivity index (χ3n) is 5.17. The molecule has 5 nitrogen and oxygen atoms in total. The molecule has 3 aromatic carbocycles. The van der Waals surface area contributed by atoms with E-state index in [0.29, 0.717) is 5.95 Å². The smallest absolute Gasteiger partial charge is 0.247 e. The highest BCUT2D eigenvalue weighted by Gasteiger charge is 2.11. The van der Waals surface area contributed by atoms with Crippen molar-refractivity contribution in [2.24, 2.45) is 5.10 Å². The van der Waals surface area contributed by atoms with Gasteiger partial charge >= 0.3 is 0 Å². The fourth-order valence-electron chi connectivity index (χ4n) is 3.28. The van der Waals surface area contributed by atoms with Crippen molar-refractivity contribution < 1.29 is 4.74 Å². The monoisotopic (exact) mass is 436 g/mol. The number of benzene rings is 3. The normalized spacial score (nSPS) is 11.0. The van der Waals surface area contributed by atoms with E-state index in [2.05, 4.69) is 12.0 Å². The summed E-state index contributed by atoms with van der Waals surface area (Å²) in [5.74, 6) is 1.41. The van der Waals surface area contributed by atoms with Gasteiger partial charge in [0.15, 0.2) is 0 Å². The maximum Gasteiger partial charge on any atom is 0.247 e. The number of nitrogens with zero attached hydrogens (tertiary/aromatic N) is 4. The summed E-state index contributed by atoms with van der Waals surface area (Å²) in [6.07, 6.45) is 3.98. The van der Waals surface area contributed by atoms with E-state index in [0.717, 1.165) is 53.3 Å². The molecular weight excluding hydrogens is 408 g/mol. The average molecular weight is 437 g/mol. The lowest BCUT2D eigenvalue weighted by Gasteiger charge is -2.14. The van der Waals surface area contributed by atoms with Crippen molar-refractivity contribution in [3.8, 4) is 28.3 Å². The average Bonchev–Trinajstić information content (AvgIpc) is 2.89. The van der Waals surface area contributed by atoms with Crippen molar-refractivity contribution in [1.29, 1.82) is 0 Å². The summed E-state index contributed by atoms with van der Waals surface area (Å²) in [7, 11) is 1.86. The lowest BCUT2D eigenvalue weighted by atomic mass is 10.1. The van der Waals surface area contributed by atoms with Crippen LogP contribution in [0.15, 0.2) is 96.1 Å². The van der Waals surface area contributed by atoms with E-state index >= 15 is 0 Å². The van der Waals surface area contributed by atoms with Crippen LogP contribution in [0, 0.1) is 0 Å². The second-order valence-corrected chi connectivity index (χ2v) is 7.71. The van der Waals surface area contributed by atoms with Gasteiger partial charge in [0, 0.05) is 18.2 Å². The Kier molecular flexibility index (Phi) is 7.44. The fraction of sp³-hybridized carbons (Fsp3) is 0.179. The first-order valence-electron chi connectivity index (χ1n) is 11.2. The SMILES string of the molecule is CCCCOc1ccc(/C=N\N(C)c2nc(-c3ccccc3)cc(-c3ccccc3)n2)cc1. The van der Waals surface area contributed by atoms with Crippen LogP contribution in [0.4, 0.5) is 5.95 Å². The number of hydrazone groups is 1. The van der Waals surface area contributed by atoms with Crippen molar-refractivity contribution in [3.63, 3.8) is 0 Å². The Labute approximate surface area is 195 Å². The molecule has 4 aromatic rings. The quantitative estimate of drug-likeness (QED) is 0.172. The zero-order valence-corrected chi connectivity index (χ0v) is 19.1. The van der Waals surface area contributed by atoms with Crippen molar-refractivity contribution >= 4 is 12.2 Å². The lowest BCUT2D eigenvalue weighted by Crippen LogP contribution is -2.13. The van der Waals surface area contributed by atoms with E-state index in [1.165, 1.54) is 0 Å². The minimum absolute atomic E-state index is 0.533. The van der Waals surface area contributed by atoms with Gasteiger partial charge in [-0.3, -0.25) is 0 Å². The predicted molar refractivity (Wildman–Crippen MR) is 136 cm³/mol. The minimum atomic E-state index is 0.533. The molecule has 0 saturated carbocycles. The topological polar surface area (TPSA) is 50.6 Å². The van der Waals surface area contributed by atoms with Gasteiger partial charge in [0.1, 0.15) is 5.75 Å². The third kappa shape index (κ3) is 6.04. The van der Waals surface area contributed by atoms with Crippen molar-refractivity contribution in [2.75, 3.05) is 18.7 Å². The lowest BCUT2D eigenvalue weighted by molar-refractivity contribution is 0.309. The first-order chi connectivity index (χ1) is 16.2. The van der Waals surface area contributed by atoms with Crippen LogP contribution in [0.5, 0.6) is 5.75 Å². The van der Waals surface area contributed by atoms with Gasteiger partial charge in [-0.05, 0) is 42.3 Å². The second kappa shape index (κ2) is 11.0. The Morgan fingerprint density at radius 2 is 1.39 bits per heavy atom. The van der Waals surface area contributed by atoms with Crippen molar-refractivity contribution in [2.45, 2.75) is 19.8 Å². The number of rotatable bonds is 9. The summed E-state index contributed by atoms with van der Waals surface area (Å²) < 4.78 is 5.73. The van der Waals surface area contributed by atoms with Gasteiger partial charge in [0.25, 0.3) is 0 Å². The highest BCUT2D eigenvalue weighted by Crippen LogP contribution is 2.26. The molecule has 0 amide bonds. The van der Waals surface area contributed by atoms with E-state index in [1.807, 2.05) is 98.0 Å². The fourth-order valence-corrected chi connectivity index (χ4v) is 3.28. The van der Waals surface area contributed by atoms with Gasteiger partial charge in [-0.25, -0.2) is 15.0 Å². The third-order valence-corrected chi connectivity index (χ3v) is 5.17. The highest BCUT2D eigenvalue weighted by atomic mass is 16.5. The molecule has 0 spiro atoms. The standard InChI is InChI=1S/C28H28N4O/c1-3-4-19-33-25-17-15-22(16-18-25)21-29-32(2)28-30-26(23-11-7-5-8-12-23)20-27(31-28)24-13-9-6-10-14-24/h5-18,20-21H,3-4,19H2,1-2H3/b29-21-. The van der Waals surface area contributed by atoms with Gasteiger partial charge in [-0.2, -0.15) is 5.10 Å². The number of aromatic nitrogens is 2. The van der Waals surface area contributed by atoms with Crippen LogP contribution in [0.2, 0.25) is 0 Å². The Bertz CT molecular complexity index is 1120. The molecule has 1 heterocycles. The maximum atomic E-state index is 5.73. The molecule has 0 unspecified atom stereocenters. The van der Waals surface area contributed by atoms with E-state index in [1.54, 1.807) is 11.2 Å². The molecule has 0 aliphatic rings. The van der Waals surface area contributed by atoms with Gasteiger partial charge in [0.2, 0.25) is 5.95 Å². The first kappa shape index (κ1) is 22.2. The molecule has 0 aliphatic heterocycles. The van der Waals surface area contributed by atoms with Crippen LogP contribution in [-0.2, 0) is 0 Å². The van der Waals surface area contributed by atoms with Gasteiger partial charge in [0.05, 0.1) is 24.2 Å². The molecule has 0 saturated heterocycles. The highest BCUT2D eigenvalue weighted by molar-refractivity contribution is 5.80. The van der Waals surface area contributed by atoms with E-state index in [9.17, 15) is 0 Å². The van der Waals surface area contributed by atoms with Crippen molar-refractivity contribution in [1.82, 2.24) is 9.97 Å². The van der Waals surface area contributed by atoms with Crippen LogP contribution in [0.25, 0.3) is 22.5 Å². The molecule has 0 N–H and O–H groups in total. The minimum Gasteiger partial charge on any atom is -0.494 e. The number of hydrogen-bond donors (Lipinski definition) is 0. The Morgan fingerprint density at radius 3 is 1.94 bits per heavy atom. The zero-order valence-electron chi connectivity index (χ0n) is 19.1. The van der Waals surface area contributed by atoms with Crippen molar-refractivity contribution in [3.05, 3.63) is 96.6 Å². The molecule has 5 heteroatoms. The second-order valence-electron chi connectivity index (χ2n) is 7.71. The molecule has 4 rings (SSSR count). The van der Waals surface area contributed by atoms with Crippen LogP contribution in [0.3, 0.4) is 0 Å². The summed E-state index contributed by atoms with van der Waals surface area (Å²) in [5.41, 5.74) is 4.76. The number of unbranched alkanes of at least 4 members (excludes halogenated alkanes) is 1. The summed E-state index contributed by atoms with van der Waals surface area (Å²) in [6, 6.07) is 30.2. The number of anilines is 1. The van der Waals surface area contributed by atoms with Crippen LogP contribution in [0.1, 0.15) is 25.3 Å². The van der Waals surface area contributed by atoms with Crippen LogP contribution >= 0.6 is 0 Å². The number of hydrogen-bond acceptors (Lipinski definition) is 5. The molecule has 166 valence electrons. The van der Waals surface area contributed by atoms with Gasteiger partial charge in [-0.15, -0.1) is 0 Å². The molecule has 1 aromatic heterocycles. The van der Waals surface area contributed by atoms with Crippen LogP contribution < -0.4 is 9.75 Å². The predicted octanol–water partition coefficient (Wildman–Crippen LogP) is 6.46. The van der Waals surface area contributed by atoms with Gasteiger partial charge < -0.3 is 4.74 Å². The summed E-state index contributed by atoms with van der Waals surface area (Å²) in [5, 5.41) is 6.28. The van der Waals surface area contributed by atoms with E-state index in [-0.39, 0.29) is 0 Å². The summed E-state index contributed by atoms with van der Waals surface area (Å²) >= 11 is 0. The Balaban J connectivity index is 1.58. The molecule has 0 fully saturated rings. The molecule has 0 bridgehead atoms. The number of ether oxygens (including phenoxy) is 1. The maximum absolute atomic E-state index is 5.73. The summed E-state index contributed by atoms with van der Waals surface area (Å²) in [4.78, 5) is 9.56. The Morgan fingerprint density at radius 1 is 0.818 bits per heavy atom.